The summed E-state index contributed by atoms with van der Waals surface area (Å²) in [5, 5.41) is 5.23. The summed E-state index contributed by atoms with van der Waals surface area (Å²) in [4.78, 5) is 29.2. The number of carbonyl (C=O) groups is 1. The van der Waals surface area contributed by atoms with Crippen molar-refractivity contribution in [1.29, 1.82) is 0 Å². The maximum atomic E-state index is 12.9. The van der Waals surface area contributed by atoms with Gasteiger partial charge in [0.2, 0.25) is 5.91 Å². The quantitative estimate of drug-likeness (QED) is 0.773. The fraction of sp³-hybridized carbons (Fsp3) is 0.235. The molecule has 3 aromatic rings. The van der Waals surface area contributed by atoms with Crippen LogP contribution >= 0.6 is 11.3 Å². The molecule has 0 aliphatic heterocycles. The van der Waals surface area contributed by atoms with Gasteiger partial charge in [-0.15, -0.1) is 11.3 Å². The van der Waals surface area contributed by atoms with E-state index in [1.54, 1.807) is 18.2 Å². The number of amides is 1. The van der Waals surface area contributed by atoms with Crippen LogP contribution in [0.3, 0.4) is 0 Å². The van der Waals surface area contributed by atoms with Crippen LogP contribution in [0.15, 0.2) is 46.8 Å². The highest BCUT2D eigenvalue weighted by molar-refractivity contribution is 7.16. The third kappa shape index (κ3) is 3.51. The summed E-state index contributed by atoms with van der Waals surface area (Å²) < 4.78 is 14.4. The highest BCUT2D eigenvalue weighted by atomic mass is 32.1. The van der Waals surface area contributed by atoms with Crippen molar-refractivity contribution in [2.24, 2.45) is 0 Å². The highest BCUT2D eigenvalue weighted by Gasteiger charge is 2.11. The van der Waals surface area contributed by atoms with Crippen molar-refractivity contribution in [2.75, 3.05) is 0 Å². The predicted molar refractivity (Wildman–Crippen MR) is 91.5 cm³/mol. The van der Waals surface area contributed by atoms with Crippen LogP contribution in [0.2, 0.25) is 0 Å². The lowest BCUT2D eigenvalue weighted by Gasteiger charge is -2.14. The molecule has 0 radical (unpaired) electrons. The van der Waals surface area contributed by atoms with Crippen LogP contribution < -0.4 is 10.9 Å². The van der Waals surface area contributed by atoms with Crippen LogP contribution in [0.25, 0.3) is 10.2 Å². The molecule has 0 aliphatic rings. The summed E-state index contributed by atoms with van der Waals surface area (Å²) >= 11 is 1.41. The summed E-state index contributed by atoms with van der Waals surface area (Å²) in [5.74, 6) is -0.489. The lowest BCUT2D eigenvalue weighted by atomic mass is 10.1. The molecule has 0 aliphatic carbocycles. The topological polar surface area (TPSA) is 64.0 Å². The molecule has 1 atom stereocenters. The summed E-state index contributed by atoms with van der Waals surface area (Å²) in [6, 6.07) is 7.51. The lowest BCUT2D eigenvalue weighted by Crippen LogP contribution is -2.29. The number of halogens is 1. The van der Waals surface area contributed by atoms with Crippen LogP contribution in [0.1, 0.15) is 24.9 Å². The monoisotopic (exact) mass is 345 g/mol. The molecule has 2 heterocycles. The Morgan fingerprint density at radius 2 is 2.08 bits per heavy atom. The van der Waals surface area contributed by atoms with Gasteiger partial charge in [-0.05, 0) is 36.1 Å². The summed E-state index contributed by atoms with van der Waals surface area (Å²) in [7, 11) is 0. The number of hydrogen-bond donors (Lipinski definition) is 1. The zero-order chi connectivity index (χ0) is 17.1. The molecule has 0 bridgehead atoms. The predicted octanol–water partition coefficient (Wildman–Crippen LogP) is 2.86. The van der Waals surface area contributed by atoms with Gasteiger partial charge in [-0.3, -0.25) is 14.2 Å². The van der Waals surface area contributed by atoms with Gasteiger partial charge in [-0.1, -0.05) is 12.1 Å². The highest BCUT2D eigenvalue weighted by Crippen LogP contribution is 2.14. The molecule has 1 amide bonds. The lowest BCUT2D eigenvalue weighted by molar-refractivity contribution is -0.121. The van der Waals surface area contributed by atoms with Crippen LogP contribution in [0.5, 0.6) is 0 Å². The van der Waals surface area contributed by atoms with E-state index in [0.29, 0.717) is 10.2 Å². The van der Waals surface area contributed by atoms with Gasteiger partial charge < -0.3 is 5.32 Å². The number of carbonyl (C=O) groups excluding carboxylic acids is 1. The second kappa shape index (κ2) is 6.92. The van der Waals surface area contributed by atoms with Crippen molar-refractivity contribution in [3.8, 4) is 0 Å². The minimum absolute atomic E-state index is 0.138. The zero-order valence-electron chi connectivity index (χ0n) is 13.0. The molecule has 0 spiro atoms. The number of rotatable bonds is 5. The number of nitrogens with one attached hydrogen (secondary N) is 1. The number of benzene rings is 1. The minimum atomic E-state index is -0.312. The fourth-order valence-corrected chi connectivity index (χ4v) is 3.15. The SMILES string of the molecule is CC(NC(=O)CCn1cnc2sccc2c1=O)c1ccc(F)cc1. The van der Waals surface area contributed by atoms with E-state index in [1.807, 2.05) is 12.3 Å². The normalized spacial score (nSPS) is 12.2. The Bertz CT molecular complexity index is 917. The molecular weight excluding hydrogens is 329 g/mol. The average Bonchev–Trinajstić information content (AvgIpc) is 3.04. The van der Waals surface area contributed by atoms with E-state index in [0.717, 1.165) is 5.56 Å². The first-order valence-electron chi connectivity index (χ1n) is 7.52. The number of hydrogen-bond acceptors (Lipinski definition) is 4. The van der Waals surface area contributed by atoms with E-state index in [1.165, 1.54) is 34.4 Å². The number of thiophene rings is 1. The number of aromatic nitrogens is 2. The maximum Gasteiger partial charge on any atom is 0.262 e. The van der Waals surface area contributed by atoms with Crippen molar-refractivity contribution in [3.63, 3.8) is 0 Å². The van der Waals surface area contributed by atoms with E-state index in [4.69, 9.17) is 0 Å². The van der Waals surface area contributed by atoms with E-state index in [2.05, 4.69) is 10.3 Å². The third-order valence-corrected chi connectivity index (χ3v) is 4.60. The molecule has 5 nitrogen and oxygen atoms in total. The van der Waals surface area contributed by atoms with Crippen molar-refractivity contribution in [3.05, 3.63) is 63.8 Å². The van der Waals surface area contributed by atoms with Gasteiger partial charge in [0.05, 0.1) is 17.8 Å². The molecule has 3 rings (SSSR count). The van der Waals surface area contributed by atoms with Gasteiger partial charge >= 0.3 is 0 Å². The van der Waals surface area contributed by atoms with Gasteiger partial charge in [0.15, 0.2) is 0 Å². The average molecular weight is 345 g/mol. The number of aryl methyl sites for hydroxylation is 1. The largest absolute Gasteiger partial charge is 0.350 e. The standard InChI is InChI=1S/C17H16FN3O2S/c1-11(12-2-4-13(18)5-3-12)20-15(22)6-8-21-10-19-16-14(17(21)23)7-9-24-16/h2-5,7,9-11H,6,8H2,1H3,(H,20,22). The molecule has 0 fully saturated rings. The second-order valence-electron chi connectivity index (χ2n) is 5.47. The van der Waals surface area contributed by atoms with E-state index in [-0.39, 0.29) is 36.3 Å². The van der Waals surface area contributed by atoms with Gasteiger partial charge in [-0.25, -0.2) is 9.37 Å². The summed E-state index contributed by atoms with van der Waals surface area (Å²) in [6.45, 7) is 2.09. The third-order valence-electron chi connectivity index (χ3n) is 3.78. The Kier molecular flexibility index (Phi) is 4.71. The molecule has 1 aromatic carbocycles. The van der Waals surface area contributed by atoms with Crippen molar-refractivity contribution in [2.45, 2.75) is 25.9 Å². The molecule has 1 unspecified atom stereocenters. The van der Waals surface area contributed by atoms with Crippen LogP contribution in [-0.2, 0) is 11.3 Å². The second-order valence-corrected chi connectivity index (χ2v) is 6.37. The molecular formula is C17H16FN3O2S. The Morgan fingerprint density at radius 3 is 2.83 bits per heavy atom. The van der Waals surface area contributed by atoms with Gasteiger partial charge in [0.25, 0.3) is 5.56 Å². The van der Waals surface area contributed by atoms with Crippen LogP contribution in [-0.4, -0.2) is 15.5 Å². The summed E-state index contributed by atoms with van der Waals surface area (Å²) in [5.41, 5.74) is 0.684. The van der Waals surface area contributed by atoms with Gasteiger partial charge in [0, 0.05) is 13.0 Å². The van der Waals surface area contributed by atoms with Gasteiger partial charge in [-0.2, -0.15) is 0 Å². The van der Waals surface area contributed by atoms with Crippen LogP contribution in [0.4, 0.5) is 4.39 Å². The van der Waals surface area contributed by atoms with Crippen LogP contribution in [0, 0.1) is 5.82 Å². The van der Waals surface area contributed by atoms with E-state index >= 15 is 0 Å². The number of nitrogens with zero attached hydrogens (tertiary/aromatic N) is 2. The van der Waals surface area contributed by atoms with Crippen molar-refractivity contribution in [1.82, 2.24) is 14.9 Å². The molecule has 2 aromatic heterocycles. The maximum absolute atomic E-state index is 12.9. The Morgan fingerprint density at radius 1 is 1.33 bits per heavy atom. The first-order chi connectivity index (χ1) is 11.5. The molecule has 1 N–H and O–H groups in total. The van der Waals surface area contributed by atoms with E-state index in [9.17, 15) is 14.0 Å². The van der Waals surface area contributed by atoms with Crippen molar-refractivity contribution >= 4 is 27.5 Å². The molecule has 7 heteroatoms. The minimum Gasteiger partial charge on any atom is -0.350 e. The smallest absolute Gasteiger partial charge is 0.262 e. The molecule has 0 saturated heterocycles. The Hall–Kier alpha value is -2.54. The van der Waals surface area contributed by atoms with Crippen molar-refractivity contribution < 1.29 is 9.18 Å². The Balaban J connectivity index is 1.61. The van der Waals surface area contributed by atoms with E-state index < -0.39 is 0 Å². The fourth-order valence-electron chi connectivity index (χ4n) is 2.42. The molecule has 0 saturated carbocycles. The van der Waals surface area contributed by atoms with Gasteiger partial charge in [0.1, 0.15) is 10.6 Å². The zero-order valence-corrected chi connectivity index (χ0v) is 13.8. The molecule has 124 valence electrons. The first kappa shape index (κ1) is 16.3. The Labute approximate surface area is 141 Å². The number of fused-ring (bicyclic) bond motifs is 1. The first-order valence-corrected chi connectivity index (χ1v) is 8.40. The molecule has 24 heavy (non-hydrogen) atoms. The summed E-state index contributed by atoms with van der Waals surface area (Å²) in [6.07, 6.45) is 1.64.